The number of carbonyl (C=O) groups excluding carboxylic acids is 1. The second-order valence-electron chi connectivity index (χ2n) is 9.78. The van der Waals surface area contributed by atoms with Gasteiger partial charge in [0.2, 0.25) is 11.8 Å². The molecule has 1 aliphatic carbocycles. The molecule has 3 heterocycles. The smallest absolute Gasteiger partial charge is 0.248 e. The van der Waals surface area contributed by atoms with Gasteiger partial charge in [-0.1, -0.05) is 12.1 Å². The van der Waals surface area contributed by atoms with Crippen LogP contribution in [-0.4, -0.2) is 42.2 Å². The summed E-state index contributed by atoms with van der Waals surface area (Å²) in [4.78, 5) is 22.4. The Bertz CT molecular complexity index is 1380. The summed E-state index contributed by atoms with van der Waals surface area (Å²) in [6.45, 7) is 5.77. The Kier molecular flexibility index (Phi) is 6.57. The predicted molar refractivity (Wildman–Crippen MR) is 136 cm³/mol. The number of pyridine rings is 1. The number of hydrogen-bond acceptors (Lipinski definition) is 5. The van der Waals surface area contributed by atoms with Crippen molar-refractivity contribution in [3.05, 3.63) is 65.5 Å². The van der Waals surface area contributed by atoms with E-state index < -0.39 is 11.8 Å². The molecule has 8 nitrogen and oxygen atoms in total. The lowest BCUT2D eigenvalue weighted by molar-refractivity contribution is -0.120. The van der Waals surface area contributed by atoms with E-state index in [4.69, 9.17) is 0 Å². The summed E-state index contributed by atoms with van der Waals surface area (Å²) in [7, 11) is 0. The van der Waals surface area contributed by atoms with Gasteiger partial charge in [0.1, 0.15) is 11.7 Å². The van der Waals surface area contributed by atoms with Crippen LogP contribution in [0.25, 0.3) is 22.5 Å². The highest BCUT2D eigenvalue weighted by Crippen LogP contribution is 2.42. The van der Waals surface area contributed by atoms with Gasteiger partial charge in [-0.05, 0) is 69.4 Å². The second kappa shape index (κ2) is 9.84. The van der Waals surface area contributed by atoms with E-state index in [0.717, 1.165) is 33.8 Å². The van der Waals surface area contributed by atoms with E-state index in [0.29, 0.717) is 17.3 Å². The van der Waals surface area contributed by atoms with Crippen molar-refractivity contribution in [1.29, 1.82) is 0 Å². The maximum absolute atomic E-state index is 13.9. The quantitative estimate of drug-likeness (QED) is 0.310. The summed E-state index contributed by atoms with van der Waals surface area (Å²) in [5.41, 5.74) is 6.08. The largest absolute Gasteiger partial charge is 0.325 e. The van der Waals surface area contributed by atoms with Crippen LogP contribution < -0.4 is 5.32 Å². The summed E-state index contributed by atoms with van der Waals surface area (Å²) in [6.07, 6.45) is 1.64. The maximum atomic E-state index is 13.9. The van der Waals surface area contributed by atoms with Crippen LogP contribution in [0, 0.1) is 26.7 Å². The molecule has 192 valence electrons. The number of anilines is 1. The lowest BCUT2D eigenvalue weighted by Crippen LogP contribution is -2.34. The zero-order chi connectivity index (χ0) is 26.2. The first-order valence-electron chi connectivity index (χ1n) is 12.4. The SMILES string of the molecule is Cc1cc(-c2n[nH]c(C(C(=O)Nc3ccc(-c4c(C)n[nH]c4C)cc3)C3CCC(F)(F)CC3)n2)ccn1. The number of aromatic amines is 2. The zero-order valence-electron chi connectivity index (χ0n) is 21.0. The molecule has 1 saturated carbocycles. The number of H-pyrrole nitrogens is 2. The summed E-state index contributed by atoms with van der Waals surface area (Å²) in [5.74, 6) is -3.20. The Morgan fingerprint density at radius 3 is 2.41 bits per heavy atom. The number of amides is 1. The third-order valence-corrected chi connectivity index (χ3v) is 7.04. The molecule has 0 radical (unpaired) electrons. The molecule has 3 aromatic heterocycles. The van der Waals surface area contributed by atoms with Gasteiger partial charge in [-0.15, -0.1) is 0 Å². The molecule has 0 saturated heterocycles. The maximum Gasteiger partial charge on any atom is 0.248 e. The molecule has 1 atom stereocenters. The van der Waals surface area contributed by atoms with Crippen molar-refractivity contribution in [3.63, 3.8) is 0 Å². The second-order valence-corrected chi connectivity index (χ2v) is 9.78. The molecule has 1 fully saturated rings. The van der Waals surface area contributed by atoms with Crippen molar-refractivity contribution in [3.8, 4) is 22.5 Å². The van der Waals surface area contributed by atoms with Crippen LogP contribution in [0.5, 0.6) is 0 Å². The van der Waals surface area contributed by atoms with Crippen molar-refractivity contribution in [2.24, 2.45) is 5.92 Å². The Morgan fingerprint density at radius 1 is 1.03 bits per heavy atom. The molecule has 0 bridgehead atoms. The third-order valence-electron chi connectivity index (χ3n) is 7.04. The first-order chi connectivity index (χ1) is 17.7. The number of carbonyl (C=O) groups is 1. The molecule has 37 heavy (non-hydrogen) atoms. The number of rotatable bonds is 6. The first-order valence-corrected chi connectivity index (χ1v) is 12.4. The summed E-state index contributed by atoms with van der Waals surface area (Å²) in [5, 5.41) is 17.4. The molecule has 1 amide bonds. The normalized spacial score (nSPS) is 16.5. The number of benzene rings is 1. The van der Waals surface area contributed by atoms with Gasteiger partial charge in [0.05, 0.1) is 5.69 Å². The first kappa shape index (κ1) is 24.7. The van der Waals surface area contributed by atoms with Crippen molar-refractivity contribution in [1.82, 2.24) is 30.4 Å². The molecule has 1 aromatic carbocycles. The van der Waals surface area contributed by atoms with E-state index >= 15 is 0 Å². The number of aromatic nitrogens is 6. The lowest BCUT2D eigenvalue weighted by atomic mass is 9.77. The Hall–Kier alpha value is -3.95. The van der Waals surface area contributed by atoms with Crippen LogP contribution in [0.15, 0.2) is 42.6 Å². The number of nitrogens with zero attached hydrogens (tertiary/aromatic N) is 4. The zero-order valence-corrected chi connectivity index (χ0v) is 21.0. The average molecular weight is 506 g/mol. The number of halogens is 2. The standard InChI is InChI=1S/C27H29F2N7O/c1-15-14-20(10-13-30-15)24-32-25(36-35-24)23(19-8-11-27(28,29)12-9-19)26(37)31-21-6-4-18(5-7-21)22-16(2)33-34-17(22)3/h4-7,10,13-14,19,23H,8-9,11-12H2,1-3H3,(H,31,37)(H,33,34)(H,32,35,36). The van der Waals surface area contributed by atoms with E-state index in [-0.39, 0.29) is 37.5 Å². The summed E-state index contributed by atoms with van der Waals surface area (Å²) < 4.78 is 27.8. The van der Waals surface area contributed by atoms with Crippen molar-refractivity contribution in [2.75, 3.05) is 5.32 Å². The van der Waals surface area contributed by atoms with Gasteiger partial charge in [-0.2, -0.15) is 10.2 Å². The molecule has 5 rings (SSSR count). The van der Waals surface area contributed by atoms with E-state index in [2.05, 4.69) is 35.7 Å². The van der Waals surface area contributed by atoms with Gasteiger partial charge in [0, 0.05) is 47.2 Å². The van der Waals surface area contributed by atoms with Gasteiger partial charge in [0.25, 0.3) is 0 Å². The fraction of sp³-hybridized carbons (Fsp3) is 0.370. The van der Waals surface area contributed by atoms with Gasteiger partial charge in [-0.3, -0.25) is 20.0 Å². The number of alkyl halides is 2. The summed E-state index contributed by atoms with van der Waals surface area (Å²) in [6, 6.07) is 11.2. The van der Waals surface area contributed by atoms with E-state index in [1.807, 2.05) is 51.1 Å². The van der Waals surface area contributed by atoms with Crippen molar-refractivity contribution in [2.45, 2.75) is 58.3 Å². The van der Waals surface area contributed by atoms with Gasteiger partial charge >= 0.3 is 0 Å². The van der Waals surface area contributed by atoms with Gasteiger partial charge < -0.3 is 5.32 Å². The average Bonchev–Trinajstić information content (AvgIpc) is 3.47. The summed E-state index contributed by atoms with van der Waals surface area (Å²) >= 11 is 0. The molecule has 1 aliphatic rings. The van der Waals surface area contributed by atoms with Crippen molar-refractivity contribution >= 4 is 11.6 Å². The molecule has 0 spiro atoms. The molecule has 0 aliphatic heterocycles. The van der Waals surface area contributed by atoms with Crippen LogP contribution >= 0.6 is 0 Å². The van der Waals surface area contributed by atoms with Gasteiger partial charge in [-0.25, -0.2) is 13.8 Å². The molecule has 3 N–H and O–H groups in total. The van der Waals surface area contributed by atoms with Crippen LogP contribution in [-0.2, 0) is 4.79 Å². The lowest BCUT2D eigenvalue weighted by Gasteiger charge is -2.32. The highest BCUT2D eigenvalue weighted by Gasteiger charge is 2.41. The topological polar surface area (TPSA) is 112 Å². The minimum absolute atomic E-state index is 0.230. The minimum atomic E-state index is -2.70. The molecule has 4 aromatic rings. The molecular weight excluding hydrogens is 476 g/mol. The highest BCUT2D eigenvalue weighted by atomic mass is 19.3. The Morgan fingerprint density at radius 2 is 1.76 bits per heavy atom. The van der Waals surface area contributed by atoms with E-state index in [9.17, 15) is 13.6 Å². The number of nitrogens with one attached hydrogen (secondary N) is 3. The molecule has 10 heteroatoms. The van der Waals surface area contributed by atoms with Gasteiger partial charge in [0.15, 0.2) is 5.82 Å². The Labute approximate surface area is 213 Å². The van der Waals surface area contributed by atoms with E-state index in [1.165, 1.54) is 0 Å². The fourth-order valence-corrected chi connectivity index (χ4v) is 5.10. The highest BCUT2D eigenvalue weighted by molar-refractivity contribution is 5.96. The predicted octanol–water partition coefficient (Wildman–Crippen LogP) is 5.73. The number of hydrogen-bond donors (Lipinski definition) is 3. The monoisotopic (exact) mass is 505 g/mol. The van der Waals surface area contributed by atoms with Crippen molar-refractivity contribution < 1.29 is 13.6 Å². The molecule has 1 unspecified atom stereocenters. The Balaban J connectivity index is 1.40. The third kappa shape index (κ3) is 5.28. The molecular formula is C27H29F2N7O. The van der Waals surface area contributed by atoms with Crippen LogP contribution in [0.1, 0.15) is 54.5 Å². The fourth-order valence-electron chi connectivity index (χ4n) is 5.10. The van der Waals surface area contributed by atoms with Crippen LogP contribution in [0.4, 0.5) is 14.5 Å². The minimum Gasteiger partial charge on any atom is -0.325 e. The van der Waals surface area contributed by atoms with Crippen LogP contribution in [0.2, 0.25) is 0 Å². The van der Waals surface area contributed by atoms with E-state index in [1.54, 1.807) is 12.3 Å². The number of aryl methyl sites for hydroxylation is 3. The van der Waals surface area contributed by atoms with Crippen LogP contribution in [0.3, 0.4) is 0 Å².